The number of hydrogen-bond donors (Lipinski definition) is 0. The van der Waals surface area contributed by atoms with Gasteiger partial charge in [0.2, 0.25) is 0 Å². The Balaban J connectivity index is 4.05. The molecule has 0 aliphatic carbocycles. The number of rotatable bonds is 4. The maximum atomic E-state index is 4.09. The van der Waals surface area contributed by atoms with Gasteiger partial charge in [0.15, 0.2) is 0 Å². The minimum Gasteiger partial charge on any atom is -0.300 e. The summed E-state index contributed by atoms with van der Waals surface area (Å²) in [6.45, 7) is 9.03. The fourth-order valence-corrected chi connectivity index (χ4v) is 1.26. The van der Waals surface area contributed by atoms with Gasteiger partial charge in [-0.05, 0) is 5.92 Å². The van der Waals surface area contributed by atoms with E-state index in [2.05, 4.69) is 38.9 Å². The van der Waals surface area contributed by atoms with Crippen LogP contribution >= 0.6 is 0 Å². The molecule has 1 unspecified atom stereocenters. The molecule has 0 aromatic heterocycles. The predicted octanol–water partition coefficient (Wildman–Crippen LogP) is 3.15. The molecule has 11 heavy (non-hydrogen) atoms. The van der Waals surface area contributed by atoms with Crippen molar-refractivity contribution in [1.29, 1.82) is 0 Å². The van der Waals surface area contributed by atoms with Gasteiger partial charge in [-0.3, -0.25) is 0 Å². The van der Waals surface area contributed by atoms with Crippen LogP contribution in [0, 0.1) is 11.3 Å². The van der Waals surface area contributed by atoms with Gasteiger partial charge in [-0.2, -0.15) is 0 Å². The van der Waals surface area contributed by atoms with Crippen molar-refractivity contribution in [3.8, 4) is 0 Å². The Morgan fingerprint density at radius 2 is 2.00 bits per heavy atom. The van der Waals surface area contributed by atoms with Crippen LogP contribution in [0.25, 0.3) is 0 Å². The Labute approximate surface area is 70.9 Å². The van der Waals surface area contributed by atoms with Crippen LogP contribution in [-0.4, -0.2) is 13.3 Å². The maximum absolute atomic E-state index is 4.09. The molecule has 0 saturated carbocycles. The number of nitrogens with zero attached hydrogens (tertiary/aromatic N) is 1. The molecule has 0 aliphatic heterocycles. The van der Waals surface area contributed by atoms with Crippen LogP contribution in [0.3, 0.4) is 0 Å². The van der Waals surface area contributed by atoms with E-state index in [1.807, 2.05) is 7.05 Å². The van der Waals surface area contributed by atoms with Crippen LogP contribution in [-0.2, 0) is 0 Å². The van der Waals surface area contributed by atoms with Gasteiger partial charge in [0.05, 0.1) is 0 Å². The third-order valence-electron chi connectivity index (χ3n) is 2.45. The second kappa shape index (κ2) is 4.53. The molecule has 0 bridgehead atoms. The third kappa shape index (κ3) is 3.54. The summed E-state index contributed by atoms with van der Waals surface area (Å²) in [5.74, 6) is 0.733. The monoisotopic (exact) mass is 155 g/mol. The van der Waals surface area contributed by atoms with Gasteiger partial charge in [0.25, 0.3) is 0 Å². The van der Waals surface area contributed by atoms with E-state index in [9.17, 15) is 0 Å². The molecular formula is C10H21N. The molecule has 1 nitrogen and oxygen atoms in total. The minimum absolute atomic E-state index is 0.269. The van der Waals surface area contributed by atoms with Crippen molar-refractivity contribution >= 4 is 6.21 Å². The van der Waals surface area contributed by atoms with E-state index in [4.69, 9.17) is 0 Å². The van der Waals surface area contributed by atoms with Gasteiger partial charge in [-0.15, -0.1) is 0 Å². The summed E-state index contributed by atoms with van der Waals surface area (Å²) in [7, 11) is 1.85. The Morgan fingerprint density at radius 3 is 2.36 bits per heavy atom. The molecule has 1 atom stereocenters. The minimum atomic E-state index is 0.269. The fraction of sp³-hybridized carbons (Fsp3) is 0.900. The third-order valence-corrected chi connectivity index (χ3v) is 2.45. The van der Waals surface area contributed by atoms with Gasteiger partial charge in [0, 0.05) is 18.7 Å². The van der Waals surface area contributed by atoms with Crippen molar-refractivity contribution in [2.24, 2.45) is 16.3 Å². The predicted molar refractivity (Wildman–Crippen MR) is 52.3 cm³/mol. The van der Waals surface area contributed by atoms with Crippen LogP contribution in [0.4, 0.5) is 0 Å². The first-order valence-corrected chi connectivity index (χ1v) is 4.48. The molecule has 0 aromatic rings. The first kappa shape index (κ1) is 10.7. The second-order valence-corrected chi connectivity index (χ2v) is 3.90. The summed E-state index contributed by atoms with van der Waals surface area (Å²) < 4.78 is 0. The lowest BCUT2D eigenvalue weighted by molar-refractivity contribution is 0.321. The zero-order chi connectivity index (χ0) is 8.91. The maximum Gasteiger partial charge on any atom is 0.0273 e. The molecule has 0 aliphatic rings. The molecule has 0 rings (SSSR count). The highest BCUT2D eigenvalue weighted by Gasteiger charge is 2.22. The van der Waals surface area contributed by atoms with E-state index in [-0.39, 0.29) is 5.41 Å². The number of aliphatic imine (C=N–C) groups is 1. The molecular weight excluding hydrogens is 134 g/mol. The molecule has 0 N–H and O–H groups in total. The van der Waals surface area contributed by atoms with Crippen molar-refractivity contribution in [3.05, 3.63) is 0 Å². The highest BCUT2D eigenvalue weighted by Crippen LogP contribution is 2.27. The van der Waals surface area contributed by atoms with E-state index >= 15 is 0 Å². The fourth-order valence-electron chi connectivity index (χ4n) is 1.26. The zero-order valence-corrected chi connectivity index (χ0v) is 8.52. The van der Waals surface area contributed by atoms with E-state index in [0.717, 1.165) is 5.92 Å². The van der Waals surface area contributed by atoms with Crippen LogP contribution in [0.15, 0.2) is 4.99 Å². The highest BCUT2D eigenvalue weighted by atomic mass is 14.7. The Kier molecular flexibility index (Phi) is 4.39. The van der Waals surface area contributed by atoms with Crippen molar-refractivity contribution in [2.45, 2.75) is 40.5 Å². The van der Waals surface area contributed by atoms with Gasteiger partial charge in [0.1, 0.15) is 0 Å². The molecule has 0 fully saturated rings. The average Bonchev–Trinajstić information content (AvgIpc) is 1.88. The van der Waals surface area contributed by atoms with E-state index in [1.54, 1.807) is 0 Å². The summed E-state index contributed by atoms with van der Waals surface area (Å²) in [5, 5.41) is 0. The molecule has 0 heterocycles. The Hall–Kier alpha value is -0.330. The average molecular weight is 155 g/mol. The summed E-state index contributed by atoms with van der Waals surface area (Å²) >= 11 is 0. The lowest BCUT2D eigenvalue weighted by Gasteiger charge is -2.27. The molecule has 66 valence electrons. The van der Waals surface area contributed by atoms with Crippen LogP contribution < -0.4 is 0 Å². The molecule has 0 spiro atoms. The lowest BCUT2D eigenvalue weighted by atomic mass is 9.79. The number of hydrogen-bond acceptors (Lipinski definition) is 1. The van der Waals surface area contributed by atoms with Gasteiger partial charge >= 0.3 is 0 Å². The van der Waals surface area contributed by atoms with E-state index < -0.39 is 0 Å². The van der Waals surface area contributed by atoms with Gasteiger partial charge in [-0.1, -0.05) is 40.5 Å². The van der Waals surface area contributed by atoms with Crippen LogP contribution in [0.2, 0.25) is 0 Å². The van der Waals surface area contributed by atoms with Gasteiger partial charge in [-0.25, -0.2) is 0 Å². The normalized spacial score (nSPS) is 15.7. The first-order valence-electron chi connectivity index (χ1n) is 4.48. The van der Waals surface area contributed by atoms with Crippen LogP contribution in [0.5, 0.6) is 0 Å². The van der Waals surface area contributed by atoms with Gasteiger partial charge < -0.3 is 4.99 Å². The smallest absolute Gasteiger partial charge is 0.0273 e. The van der Waals surface area contributed by atoms with Crippen molar-refractivity contribution in [1.82, 2.24) is 0 Å². The molecule has 0 aromatic carbocycles. The quantitative estimate of drug-likeness (QED) is 0.553. The Bertz CT molecular complexity index is 125. The summed E-state index contributed by atoms with van der Waals surface area (Å²) in [6, 6.07) is 0. The Morgan fingerprint density at radius 1 is 1.45 bits per heavy atom. The van der Waals surface area contributed by atoms with Crippen LogP contribution in [0.1, 0.15) is 40.5 Å². The SMILES string of the molecule is CCCC(C)C(C)(C)C=NC. The molecule has 0 amide bonds. The lowest BCUT2D eigenvalue weighted by Crippen LogP contribution is -2.22. The summed E-state index contributed by atoms with van der Waals surface area (Å²) in [4.78, 5) is 4.09. The van der Waals surface area contributed by atoms with E-state index in [1.165, 1.54) is 12.8 Å². The topological polar surface area (TPSA) is 12.4 Å². The zero-order valence-electron chi connectivity index (χ0n) is 8.52. The van der Waals surface area contributed by atoms with E-state index in [0.29, 0.717) is 0 Å². The first-order chi connectivity index (χ1) is 5.04. The largest absolute Gasteiger partial charge is 0.300 e. The van der Waals surface area contributed by atoms with Crippen molar-refractivity contribution < 1.29 is 0 Å². The standard InChI is InChI=1S/C10H21N/c1-6-7-9(2)10(3,4)8-11-5/h8-9H,6-7H2,1-5H3. The molecule has 0 radical (unpaired) electrons. The van der Waals surface area contributed by atoms with Crippen molar-refractivity contribution in [2.75, 3.05) is 7.05 Å². The summed E-state index contributed by atoms with van der Waals surface area (Å²) in [5.41, 5.74) is 0.269. The van der Waals surface area contributed by atoms with Crippen molar-refractivity contribution in [3.63, 3.8) is 0 Å². The second-order valence-electron chi connectivity index (χ2n) is 3.90. The molecule has 1 heteroatoms. The molecule has 0 saturated heterocycles. The highest BCUT2D eigenvalue weighted by molar-refractivity contribution is 5.64. The summed E-state index contributed by atoms with van der Waals surface area (Å²) in [6.07, 6.45) is 4.62.